The maximum absolute atomic E-state index is 12.7. The minimum atomic E-state index is -1.16. The third-order valence-electron chi connectivity index (χ3n) is 3.55. The normalized spacial score (nSPS) is 13.1. The van der Waals surface area contributed by atoms with E-state index in [0.717, 1.165) is 11.1 Å². The molecule has 0 bridgehead atoms. The Bertz CT molecular complexity index is 607. The lowest BCUT2D eigenvalue weighted by Crippen LogP contribution is -2.41. The van der Waals surface area contributed by atoms with Crippen LogP contribution in [0.25, 0.3) is 0 Å². The number of hydrogen-bond acceptors (Lipinski definition) is 3. The summed E-state index contributed by atoms with van der Waals surface area (Å²) in [5, 5.41) is 0. The highest BCUT2D eigenvalue weighted by Gasteiger charge is 2.42. The maximum Gasteiger partial charge on any atom is 0.343 e. The lowest BCUT2D eigenvalue weighted by atomic mass is 9.87. The molecule has 0 N–H and O–H groups in total. The van der Waals surface area contributed by atoms with E-state index in [9.17, 15) is 4.79 Å². The Kier molecular flexibility index (Phi) is 5.50. The van der Waals surface area contributed by atoms with Crippen molar-refractivity contribution in [3.63, 3.8) is 0 Å². The van der Waals surface area contributed by atoms with Crippen LogP contribution in [0.2, 0.25) is 0 Å². The third kappa shape index (κ3) is 3.43. The number of esters is 1. The Balaban J connectivity index is 2.42. The highest BCUT2D eigenvalue weighted by molar-refractivity contribution is 5.82. The Morgan fingerprint density at radius 3 is 2.23 bits per heavy atom. The van der Waals surface area contributed by atoms with E-state index < -0.39 is 11.6 Å². The zero-order chi connectivity index (χ0) is 15.8. The number of hydrogen-bond donors (Lipinski definition) is 0. The van der Waals surface area contributed by atoms with Crippen LogP contribution in [0.15, 0.2) is 73.3 Å². The molecule has 22 heavy (non-hydrogen) atoms. The minimum absolute atomic E-state index is 0.158. The van der Waals surface area contributed by atoms with Gasteiger partial charge in [-0.15, -0.1) is 0 Å². The highest BCUT2D eigenvalue weighted by atomic mass is 16.6. The Labute approximate surface area is 131 Å². The SMILES string of the molecule is C=CCOC(=O)C(Cc1ccccc1)(OC)c1ccccc1. The smallest absolute Gasteiger partial charge is 0.343 e. The van der Waals surface area contributed by atoms with E-state index in [1.807, 2.05) is 60.7 Å². The van der Waals surface area contributed by atoms with Crippen LogP contribution in [0.1, 0.15) is 11.1 Å². The second-order valence-electron chi connectivity index (χ2n) is 4.95. The number of rotatable bonds is 7. The van der Waals surface area contributed by atoms with Gasteiger partial charge in [-0.25, -0.2) is 4.79 Å². The zero-order valence-electron chi connectivity index (χ0n) is 12.7. The fourth-order valence-electron chi connectivity index (χ4n) is 2.41. The average molecular weight is 296 g/mol. The molecule has 2 aromatic carbocycles. The predicted octanol–water partition coefficient (Wildman–Crippen LogP) is 3.50. The van der Waals surface area contributed by atoms with Crippen LogP contribution in [0.3, 0.4) is 0 Å². The lowest BCUT2D eigenvalue weighted by Gasteiger charge is -2.30. The summed E-state index contributed by atoms with van der Waals surface area (Å²) >= 11 is 0. The lowest BCUT2D eigenvalue weighted by molar-refractivity contribution is -0.169. The molecule has 0 aliphatic carbocycles. The standard InChI is InChI=1S/C19H20O3/c1-3-14-22-18(20)19(21-2,17-12-8-5-9-13-17)15-16-10-6-4-7-11-16/h3-13H,1,14-15H2,2H3. The van der Waals surface area contributed by atoms with Gasteiger partial charge in [0.1, 0.15) is 6.61 Å². The Morgan fingerprint density at radius 1 is 1.09 bits per heavy atom. The van der Waals surface area contributed by atoms with E-state index in [0.29, 0.717) is 6.42 Å². The van der Waals surface area contributed by atoms with Crippen molar-refractivity contribution in [2.45, 2.75) is 12.0 Å². The third-order valence-corrected chi connectivity index (χ3v) is 3.55. The highest BCUT2D eigenvalue weighted by Crippen LogP contribution is 2.31. The number of benzene rings is 2. The molecule has 3 nitrogen and oxygen atoms in total. The molecule has 114 valence electrons. The van der Waals surface area contributed by atoms with Gasteiger partial charge >= 0.3 is 5.97 Å². The van der Waals surface area contributed by atoms with Gasteiger partial charge in [-0.05, 0) is 11.1 Å². The Morgan fingerprint density at radius 2 is 1.68 bits per heavy atom. The monoisotopic (exact) mass is 296 g/mol. The van der Waals surface area contributed by atoms with Crippen molar-refractivity contribution < 1.29 is 14.3 Å². The van der Waals surface area contributed by atoms with Gasteiger partial charge in [0.05, 0.1) is 0 Å². The van der Waals surface area contributed by atoms with Crippen molar-refractivity contribution in [3.8, 4) is 0 Å². The second kappa shape index (κ2) is 7.57. The molecule has 0 amide bonds. The van der Waals surface area contributed by atoms with Crippen molar-refractivity contribution in [3.05, 3.63) is 84.4 Å². The number of methoxy groups -OCH3 is 1. The van der Waals surface area contributed by atoms with Gasteiger partial charge < -0.3 is 9.47 Å². The van der Waals surface area contributed by atoms with Gasteiger partial charge in [0.15, 0.2) is 5.60 Å². The largest absolute Gasteiger partial charge is 0.459 e. The second-order valence-corrected chi connectivity index (χ2v) is 4.95. The predicted molar refractivity (Wildman–Crippen MR) is 86.4 cm³/mol. The van der Waals surface area contributed by atoms with E-state index in [-0.39, 0.29) is 6.61 Å². The van der Waals surface area contributed by atoms with Crippen LogP contribution in [0, 0.1) is 0 Å². The maximum atomic E-state index is 12.7. The summed E-state index contributed by atoms with van der Waals surface area (Å²) in [5.74, 6) is -0.412. The summed E-state index contributed by atoms with van der Waals surface area (Å²) in [6.45, 7) is 3.74. The summed E-state index contributed by atoms with van der Waals surface area (Å²) in [6.07, 6.45) is 1.95. The molecule has 0 saturated heterocycles. The topological polar surface area (TPSA) is 35.5 Å². The molecule has 0 radical (unpaired) electrons. The van der Waals surface area contributed by atoms with E-state index >= 15 is 0 Å². The molecule has 0 heterocycles. The quantitative estimate of drug-likeness (QED) is 0.579. The molecule has 2 aromatic rings. The first-order chi connectivity index (χ1) is 10.7. The van der Waals surface area contributed by atoms with Crippen LogP contribution in [0.5, 0.6) is 0 Å². The molecule has 0 saturated carbocycles. The molecule has 1 unspecified atom stereocenters. The van der Waals surface area contributed by atoms with Gasteiger partial charge in [-0.2, -0.15) is 0 Å². The number of carbonyl (C=O) groups excluding carboxylic acids is 1. The fraction of sp³-hybridized carbons (Fsp3) is 0.211. The van der Waals surface area contributed by atoms with Gasteiger partial charge in [-0.3, -0.25) is 0 Å². The Hall–Kier alpha value is -2.39. The number of ether oxygens (including phenoxy) is 2. The van der Waals surface area contributed by atoms with Crippen LogP contribution in [0.4, 0.5) is 0 Å². The molecule has 0 spiro atoms. The average Bonchev–Trinajstić information content (AvgIpc) is 2.59. The first kappa shape index (κ1) is 16.0. The van der Waals surface area contributed by atoms with Crippen LogP contribution >= 0.6 is 0 Å². The van der Waals surface area contributed by atoms with Crippen molar-refractivity contribution >= 4 is 5.97 Å². The molecule has 1 atom stereocenters. The van der Waals surface area contributed by atoms with Crippen molar-refractivity contribution in [1.82, 2.24) is 0 Å². The van der Waals surface area contributed by atoms with Crippen molar-refractivity contribution in [1.29, 1.82) is 0 Å². The molecule has 2 rings (SSSR count). The van der Waals surface area contributed by atoms with Crippen LogP contribution < -0.4 is 0 Å². The molecule has 0 aromatic heterocycles. The first-order valence-electron chi connectivity index (χ1n) is 7.15. The van der Waals surface area contributed by atoms with Crippen molar-refractivity contribution in [2.24, 2.45) is 0 Å². The molecular formula is C19H20O3. The van der Waals surface area contributed by atoms with Gasteiger partial charge in [0, 0.05) is 13.5 Å². The molecular weight excluding hydrogens is 276 g/mol. The fourth-order valence-corrected chi connectivity index (χ4v) is 2.41. The summed E-state index contributed by atoms with van der Waals surface area (Å²) in [5.41, 5.74) is 0.616. The zero-order valence-corrected chi connectivity index (χ0v) is 12.7. The van der Waals surface area contributed by atoms with E-state index in [2.05, 4.69) is 6.58 Å². The van der Waals surface area contributed by atoms with Gasteiger partial charge in [0.2, 0.25) is 0 Å². The molecule has 0 aliphatic heterocycles. The molecule has 0 aliphatic rings. The van der Waals surface area contributed by atoms with E-state index in [1.54, 1.807) is 6.08 Å². The summed E-state index contributed by atoms with van der Waals surface area (Å²) in [7, 11) is 1.53. The van der Waals surface area contributed by atoms with Gasteiger partial charge in [0.25, 0.3) is 0 Å². The van der Waals surface area contributed by atoms with E-state index in [1.165, 1.54) is 7.11 Å². The van der Waals surface area contributed by atoms with Crippen LogP contribution in [-0.2, 0) is 26.3 Å². The minimum Gasteiger partial charge on any atom is -0.459 e. The number of carbonyl (C=O) groups is 1. The summed E-state index contributed by atoms with van der Waals surface area (Å²) < 4.78 is 11.0. The first-order valence-corrected chi connectivity index (χ1v) is 7.15. The summed E-state index contributed by atoms with van der Waals surface area (Å²) in [4.78, 5) is 12.7. The van der Waals surface area contributed by atoms with E-state index in [4.69, 9.17) is 9.47 Å². The van der Waals surface area contributed by atoms with Gasteiger partial charge in [-0.1, -0.05) is 73.3 Å². The summed E-state index contributed by atoms with van der Waals surface area (Å²) in [6, 6.07) is 19.2. The molecule has 3 heteroatoms. The van der Waals surface area contributed by atoms with Crippen molar-refractivity contribution in [2.75, 3.05) is 13.7 Å². The van der Waals surface area contributed by atoms with Crippen LogP contribution in [-0.4, -0.2) is 19.7 Å². The molecule has 0 fully saturated rings.